The fourth-order valence-corrected chi connectivity index (χ4v) is 2.17. The minimum absolute atomic E-state index is 0.00222. The van der Waals surface area contributed by atoms with E-state index in [1.54, 1.807) is 12.1 Å². The Kier molecular flexibility index (Phi) is 5.68. The largest absolute Gasteiger partial charge is 0.507 e. The summed E-state index contributed by atoms with van der Waals surface area (Å²) in [5.74, 6) is 0.207. The van der Waals surface area contributed by atoms with Gasteiger partial charge in [-0.1, -0.05) is 25.1 Å². The number of ether oxygens (including phenoxy) is 2. The van der Waals surface area contributed by atoms with Crippen molar-refractivity contribution in [1.82, 2.24) is 0 Å². The summed E-state index contributed by atoms with van der Waals surface area (Å²) in [5.41, 5.74) is -0.345. The lowest BCUT2D eigenvalue weighted by atomic mass is 10.2. The zero-order chi connectivity index (χ0) is 16.8. The highest BCUT2D eigenvalue weighted by Gasteiger charge is 2.21. The predicted molar refractivity (Wildman–Crippen MR) is 89.5 cm³/mol. The number of phenols is 1. The molecule has 1 aromatic heterocycles. The number of hydrogen-bond donors (Lipinski definition) is 1. The molecule has 1 N–H and O–H groups in total. The Bertz CT molecular complexity index is 743. The van der Waals surface area contributed by atoms with E-state index < -0.39 is 5.63 Å². The average molecular weight is 318 g/mol. The third kappa shape index (κ3) is 4.06. The lowest BCUT2D eigenvalue weighted by Crippen LogP contribution is -2.14. The Balaban J connectivity index is 2.45. The minimum Gasteiger partial charge on any atom is -0.507 e. The summed E-state index contributed by atoms with van der Waals surface area (Å²) in [7, 11) is 0. The van der Waals surface area contributed by atoms with Gasteiger partial charge in [0.1, 0.15) is 16.7 Å². The van der Waals surface area contributed by atoms with E-state index in [4.69, 9.17) is 13.9 Å². The summed E-state index contributed by atoms with van der Waals surface area (Å²) in [4.78, 5) is 12.2. The van der Waals surface area contributed by atoms with Gasteiger partial charge < -0.3 is 19.0 Å². The molecule has 0 fully saturated rings. The van der Waals surface area contributed by atoms with Crippen molar-refractivity contribution in [3.63, 3.8) is 0 Å². The van der Waals surface area contributed by atoms with Gasteiger partial charge in [-0.15, -0.1) is 0 Å². The topological polar surface area (TPSA) is 68.9 Å². The van der Waals surface area contributed by atoms with E-state index in [0.29, 0.717) is 18.4 Å². The summed E-state index contributed by atoms with van der Waals surface area (Å²) < 4.78 is 16.6. The van der Waals surface area contributed by atoms with Crippen LogP contribution in [0.15, 0.2) is 39.6 Å². The fourth-order valence-electron chi connectivity index (χ4n) is 2.17. The van der Waals surface area contributed by atoms with Gasteiger partial charge in [0.05, 0.1) is 12.7 Å². The first kappa shape index (κ1) is 16.9. The van der Waals surface area contributed by atoms with Crippen LogP contribution in [-0.4, -0.2) is 17.8 Å². The van der Waals surface area contributed by atoms with Gasteiger partial charge in [0.25, 0.3) is 0 Å². The predicted octanol–water partition coefficient (Wildman–Crippen LogP) is 4.02. The molecule has 0 saturated heterocycles. The second kappa shape index (κ2) is 7.72. The van der Waals surface area contributed by atoms with Gasteiger partial charge in [0.2, 0.25) is 5.75 Å². The third-order valence-electron chi connectivity index (χ3n) is 3.11. The van der Waals surface area contributed by atoms with Gasteiger partial charge >= 0.3 is 5.63 Å². The maximum Gasteiger partial charge on any atom is 0.383 e. The van der Waals surface area contributed by atoms with E-state index in [-0.39, 0.29) is 28.9 Å². The van der Waals surface area contributed by atoms with Crippen molar-refractivity contribution in [3.8, 4) is 17.2 Å². The molecule has 0 amide bonds. The number of aromatic hydroxyl groups is 1. The van der Waals surface area contributed by atoms with E-state index >= 15 is 0 Å². The molecular formula is C18H22O5. The average Bonchev–Trinajstić information content (AvgIpc) is 2.48. The monoisotopic (exact) mass is 318 g/mol. The molecule has 0 atom stereocenters. The van der Waals surface area contributed by atoms with Crippen LogP contribution < -0.4 is 15.1 Å². The molecular weight excluding hydrogens is 296 g/mol. The van der Waals surface area contributed by atoms with Crippen molar-refractivity contribution < 1.29 is 19.0 Å². The SMILES string of the molecule is CCC=CCCOc1c(OC(C)C)c2c(O)cccc2oc1=O. The first-order valence-electron chi connectivity index (χ1n) is 7.77. The van der Waals surface area contributed by atoms with Crippen LogP contribution in [-0.2, 0) is 0 Å². The molecule has 0 spiro atoms. The van der Waals surface area contributed by atoms with Gasteiger partial charge in [0.15, 0.2) is 5.75 Å². The second-order valence-corrected chi connectivity index (χ2v) is 5.38. The van der Waals surface area contributed by atoms with Crippen LogP contribution in [0.2, 0.25) is 0 Å². The van der Waals surface area contributed by atoms with Crippen molar-refractivity contribution in [1.29, 1.82) is 0 Å². The van der Waals surface area contributed by atoms with E-state index in [9.17, 15) is 9.90 Å². The third-order valence-corrected chi connectivity index (χ3v) is 3.11. The van der Waals surface area contributed by atoms with Crippen molar-refractivity contribution in [2.75, 3.05) is 6.61 Å². The van der Waals surface area contributed by atoms with Gasteiger partial charge in [-0.2, -0.15) is 0 Å². The normalized spacial score (nSPS) is 11.5. The summed E-state index contributed by atoms with van der Waals surface area (Å²) in [6, 6.07) is 4.73. The molecule has 0 bridgehead atoms. The van der Waals surface area contributed by atoms with Gasteiger partial charge in [-0.25, -0.2) is 4.79 Å². The number of hydrogen-bond acceptors (Lipinski definition) is 5. The Morgan fingerprint density at radius 2 is 2.04 bits per heavy atom. The highest BCUT2D eigenvalue weighted by Crippen LogP contribution is 2.38. The van der Waals surface area contributed by atoms with Crippen LogP contribution in [0.4, 0.5) is 0 Å². The summed E-state index contributed by atoms with van der Waals surface area (Å²) >= 11 is 0. The van der Waals surface area contributed by atoms with Crippen LogP contribution in [0.5, 0.6) is 17.2 Å². The maximum atomic E-state index is 12.2. The number of phenolic OH excluding ortho intramolecular Hbond substituents is 1. The zero-order valence-electron chi connectivity index (χ0n) is 13.7. The maximum absolute atomic E-state index is 12.2. The number of rotatable bonds is 7. The first-order chi connectivity index (χ1) is 11.0. The molecule has 5 nitrogen and oxygen atoms in total. The van der Waals surface area contributed by atoms with E-state index in [1.807, 2.05) is 32.9 Å². The molecule has 0 unspecified atom stereocenters. The Hall–Kier alpha value is -2.43. The molecule has 1 aromatic carbocycles. The molecule has 0 aliphatic heterocycles. The van der Waals surface area contributed by atoms with Gasteiger partial charge in [-0.05, 0) is 38.8 Å². The second-order valence-electron chi connectivity index (χ2n) is 5.38. The van der Waals surface area contributed by atoms with Crippen LogP contribution in [0.25, 0.3) is 11.0 Å². The molecule has 0 saturated carbocycles. The van der Waals surface area contributed by atoms with Crippen molar-refractivity contribution >= 4 is 11.0 Å². The van der Waals surface area contributed by atoms with Gasteiger partial charge in [0, 0.05) is 0 Å². The Morgan fingerprint density at radius 3 is 2.74 bits per heavy atom. The van der Waals surface area contributed by atoms with Crippen molar-refractivity contribution in [2.24, 2.45) is 0 Å². The van der Waals surface area contributed by atoms with E-state index in [0.717, 1.165) is 6.42 Å². The molecule has 2 aromatic rings. The molecule has 0 aliphatic rings. The molecule has 0 radical (unpaired) electrons. The Morgan fingerprint density at radius 1 is 1.26 bits per heavy atom. The van der Waals surface area contributed by atoms with Crippen molar-refractivity contribution in [2.45, 2.75) is 39.7 Å². The van der Waals surface area contributed by atoms with Gasteiger partial charge in [-0.3, -0.25) is 0 Å². The molecule has 2 rings (SSSR count). The highest BCUT2D eigenvalue weighted by molar-refractivity contribution is 5.91. The van der Waals surface area contributed by atoms with E-state index in [2.05, 4.69) is 0 Å². The summed E-state index contributed by atoms with van der Waals surface area (Å²) in [5, 5.41) is 10.5. The Labute approximate surface area is 135 Å². The van der Waals surface area contributed by atoms with Crippen LogP contribution in [0.3, 0.4) is 0 Å². The first-order valence-corrected chi connectivity index (χ1v) is 7.77. The number of fused-ring (bicyclic) bond motifs is 1. The quantitative estimate of drug-likeness (QED) is 0.474. The number of allylic oxidation sites excluding steroid dienone is 1. The molecule has 1 heterocycles. The van der Waals surface area contributed by atoms with Crippen molar-refractivity contribution in [3.05, 3.63) is 40.8 Å². The molecule has 124 valence electrons. The molecule has 0 aliphatic carbocycles. The lowest BCUT2D eigenvalue weighted by molar-refractivity contribution is 0.219. The van der Waals surface area contributed by atoms with Crippen LogP contribution in [0.1, 0.15) is 33.6 Å². The van der Waals surface area contributed by atoms with Crippen LogP contribution in [0, 0.1) is 0 Å². The molecule has 5 heteroatoms. The molecule has 23 heavy (non-hydrogen) atoms. The van der Waals surface area contributed by atoms with E-state index in [1.165, 1.54) is 6.07 Å². The lowest BCUT2D eigenvalue weighted by Gasteiger charge is -2.16. The smallest absolute Gasteiger partial charge is 0.383 e. The number of benzene rings is 1. The summed E-state index contributed by atoms with van der Waals surface area (Å²) in [6.45, 7) is 6.06. The minimum atomic E-state index is -0.613. The standard InChI is InChI=1S/C18H22O5/c1-4-5-6-7-11-21-17-16(22-12(2)3)15-13(19)9-8-10-14(15)23-18(17)20/h5-6,8-10,12,19H,4,7,11H2,1-3H3. The zero-order valence-corrected chi connectivity index (χ0v) is 13.7. The highest BCUT2D eigenvalue weighted by atomic mass is 16.5. The van der Waals surface area contributed by atoms with Crippen LogP contribution >= 0.6 is 0 Å². The summed E-state index contributed by atoms with van der Waals surface area (Å²) in [6.07, 6.45) is 5.47. The fraction of sp³-hybridized carbons (Fsp3) is 0.389.